The molecule has 154 valence electrons. The van der Waals surface area contributed by atoms with Crippen molar-refractivity contribution in [2.45, 2.75) is 26.7 Å². The van der Waals surface area contributed by atoms with Gasteiger partial charge in [-0.1, -0.05) is 38.1 Å². The molecule has 2 rings (SSSR count). The van der Waals surface area contributed by atoms with Gasteiger partial charge < -0.3 is 19.5 Å². The number of amides is 1. The normalized spacial score (nSPS) is 10.6. The molecule has 1 amide bonds. The van der Waals surface area contributed by atoms with E-state index in [0.29, 0.717) is 11.5 Å². The van der Waals surface area contributed by atoms with Gasteiger partial charge in [-0.05, 0) is 47.7 Å². The van der Waals surface area contributed by atoms with Crippen LogP contribution in [0.5, 0.6) is 11.5 Å². The summed E-state index contributed by atoms with van der Waals surface area (Å²) < 4.78 is 15.6. The predicted octanol–water partition coefficient (Wildman–Crippen LogP) is 4.02. The van der Waals surface area contributed by atoms with Crippen molar-refractivity contribution in [1.82, 2.24) is 0 Å². The molecule has 0 aliphatic heterocycles. The van der Waals surface area contributed by atoms with Gasteiger partial charge in [0.15, 0.2) is 18.1 Å². The fourth-order valence-electron chi connectivity index (χ4n) is 2.86. The Morgan fingerprint density at radius 3 is 2.28 bits per heavy atom. The number of hydrogen-bond acceptors (Lipinski definition) is 5. The summed E-state index contributed by atoms with van der Waals surface area (Å²) >= 11 is 0. The molecular formula is C23H27NO5. The van der Waals surface area contributed by atoms with E-state index in [1.54, 1.807) is 24.3 Å². The van der Waals surface area contributed by atoms with E-state index in [0.717, 1.165) is 35.2 Å². The standard InChI is InChI=1S/C23H27NO5/c1-5-17-8-7-9-18(6-2)23(17)24-21(25)15-29-19-12-10-16(14-20(19)27-3)11-13-22(26)28-4/h7-14H,5-6,15H2,1-4H3,(H,24,25)/b13-11+. The molecule has 0 unspecified atom stereocenters. The number of carbonyl (C=O) groups excluding carboxylic acids is 2. The minimum Gasteiger partial charge on any atom is -0.493 e. The molecule has 0 saturated carbocycles. The average molecular weight is 397 g/mol. The Kier molecular flexibility index (Phi) is 8.27. The van der Waals surface area contributed by atoms with Crippen LogP contribution < -0.4 is 14.8 Å². The van der Waals surface area contributed by atoms with Crippen LogP contribution in [0, 0.1) is 0 Å². The number of rotatable bonds is 9. The first kappa shape index (κ1) is 22.0. The van der Waals surface area contributed by atoms with Crippen molar-refractivity contribution in [2.24, 2.45) is 0 Å². The SMILES string of the molecule is CCc1cccc(CC)c1NC(=O)COc1ccc(/C=C/C(=O)OC)cc1OC. The Hall–Kier alpha value is -3.28. The lowest BCUT2D eigenvalue weighted by Crippen LogP contribution is -2.22. The van der Waals surface area contributed by atoms with Crippen LogP contribution in [-0.2, 0) is 27.2 Å². The summed E-state index contributed by atoms with van der Waals surface area (Å²) in [5.41, 5.74) is 3.80. The molecule has 6 nitrogen and oxygen atoms in total. The topological polar surface area (TPSA) is 73.9 Å². The fourth-order valence-corrected chi connectivity index (χ4v) is 2.86. The number of carbonyl (C=O) groups is 2. The van der Waals surface area contributed by atoms with Crippen LogP contribution in [0.25, 0.3) is 6.08 Å². The fraction of sp³-hybridized carbons (Fsp3) is 0.304. The lowest BCUT2D eigenvalue weighted by atomic mass is 10.0. The molecule has 29 heavy (non-hydrogen) atoms. The van der Waals surface area contributed by atoms with Crippen LogP contribution >= 0.6 is 0 Å². The Balaban J connectivity index is 2.07. The van der Waals surface area contributed by atoms with E-state index in [1.165, 1.54) is 20.3 Å². The van der Waals surface area contributed by atoms with Crippen LogP contribution in [0.15, 0.2) is 42.5 Å². The molecule has 1 N–H and O–H groups in total. The minimum atomic E-state index is -0.445. The number of methoxy groups -OCH3 is 2. The molecule has 0 saturated heterocycles. The summed E-state index contributed by atoms with van der Waals surface area (Å²) in [7, 11) is 2.83. The van der Waals surface area contributed by atoms with E-state index >= 15 is 0 Å². The van der Waals surface area contributed by atoms with E-state index in [9.17, 15) is 9.59 Å². The molecule has 0 spiro atoms. The average Bonchev–Trinajstić information content (AvgIpc) is 2.76. The summed E-state index contributed by atoms with van der Waals surface area (Å²) in [5, 5.41) is 2.97. The van der Waals surface area contributed by atoms with Crippen molar-refractivity contribution in [2.75, 3.05) is 26.1 Å². The third kappa shape index (κ3) is 6.10. The molecule has 0 bridgehead atoms. The highest BCUT2D eigenvalue weighted by Crippen LogP contribution is 2.29. The number of aryl methyl sites for hydroxylation is 2. The Morgan fingerprint density at radius 1 is 1.00 bits per heavy atom. The lowest BCUT2D eigenvalue weighted by molar-refractivity contribution is -0.134. The van der Waals surface area contributed by atoms with Crippen molar-refractivity contribution >= 4 is 23.6 Å². The van der Waals surface area contributed by atoms with Gasteiger partial charge in [-0.15, -0.1) is 0 Å². The van der Waals surface area contributed by atoms with Gasteiger partial charge in [0.2, 0.25) is 0 Å². The summed E-state index contributed by atoms with van der Waals surface area (Å²) in [6.07, 6.45) is 4.59. The third-order valence-electron chi connectivity index (χ3n) is 4.42. The molecule has 0 aliphatic rings. The van der Waals surface area contributed by atoms with Crippen molar-refractivity contribution in [1.29, 1.82) is 0 Å². The maximum atomic E-state index is 12.5. The highest BCUT2D eigenvalue weighted by molar-refractivity contribution is 5.93. The zero-order valence-corrected chi connectivity index (χ0v) is 17.3. The van der Waals surface area contributed by atoms with Crippen LogP contribution in [0.3, 0.4) is 0 Å². The zero-order valence-electron chi connectivity index (χ0n) is 17.3. The molecule has 2 aromatic rings. The monoisotopic (exact) mass is 397 g/mol. The van der Waals surface area contributed by atoms with Crippen molar-refractivity contribution < 1.29 is 23.8 Å². The van der Waals surface area contributed by atoms with Crippen molar-refractivity contribution in [3.63, 3.8) is 0 Å². The summed E-state index contributed by atoms with van der Waals surface area (Å²) in [4.78, 5) is 23.7. The Bertz CT molecular complexity index is 867. The minimum absolute atomic E-state index is 0.144. The molecule has 0 aromatic heterocycles. The second kappa shape index (κ2) is 10.9. The van der Waals surface area contributed by atoms with Gasteiger partial charge >= 0.3 is 5.97 Å². The first-order chi connectivity index (χ1) is 14.0. The van der Waals surface area contributed by atoms with E-state index < -0.39 is 5.97 Å². The van der Waals surface area contributed by atoms with Crippen molar-refractivity contribution in [3.05, 3.63) is 59.2 Å². The van der Waals surface area contributed by atoms with Gasteiger partial charge in [0, 0.05) is 11.8 Å². The van der Waals surface area contributed by atoms with E-state index in [4.69, 9.17) is 9.47 Å². The van der Waals surface area contributed by atoms with Gasteiger partial charge in [0.1, 0.15) is 0 Å². The molecule has 0 heterocycles. The number of hydrogen-bond donors (Lipinski definition) is 1. The van der Waals surface area contributed by atoms with E-state index in [-0.39, 0.29) is 12.5 Å². The highest BCUT2D eigenvalue weighted by Gasteiger charge is 2.12. The number of nitrogens with one attached hydrogen (secondary N) is 1. The van der Waals surface area contributed by atoms with Gasteiger partial charge in [-0.3, -0.25) is 4.79 Å². The second-order valence-corrected chi connectivity index (χ2v) is 6.26. The molecule has 6 heteroatoms. The largest absolute Gasteiger partial charge is 0.493 e. The maximum Gasteiger partial charge on any atom is 0.330 e. The second-order valence-electron chi connectivity index (χ2n) is 6.26. The van der Waals surface area contributed by atoms with Gasteiger partial charge in [-0.25, -0.2) is 4.79 Å². The van der Waals surface area contributed by atoms with Crippen LogP contribution in [0.2, 0.25) is 0 Å². The number of benzene rings is 2. The van der Waals surface area contributed by atoms with Crippen LogP contribution in [0.4, 0.5) is 5.69 Å². The summed E-state index contributed by atoms with van der Waals surface area (Å²) in [6, 6.07) is 11.2. The van der Waals surface area contributed by atoms with Crippen LogP contribution in [0.1, 0.15) is 30.5 Å². The molecular weight excluding hydrogens is 370 g/mol. The number of para-hydroxylation sites is 1. The number of esters is 1. The quantitative estimate of drug-likeness (QED) is 0.511. The number of ether oxygens (including phenoxy) is 3. The highest BCUT2D eigenvalue weighted by atomic mass is 16.5. The zero-order chi connectivity index (χ0) is 21.2. The Labute approximate surface area is 171 Å². The molecule has 0 radical (unpaired) electrons. The summed E-state index contributed by atoms with van der Waals surface area (Å²) in [5.74, 6) is 0.225. The predicted molar refractivity (Wildman–Crippen MR) is 113 cm³/mol. The molecule has 0 atom stereocenters. The van der Waals surface area contributed by atoms with Gasteiger partial charge in [-0.2, -0.15) is 0 Å². The maximum absolute atomic E-state index is 12.5. The first-order valence-electron chi connectivity index (χ1n) is 9.49. The van der Waals surface area contributed by atoms with E-state index in [1.807, 2.05) is 18.2 Å². The molecule has 0 fully saturated rings. The number of anilines is 1. The van der Waals surface area contributed by atoms with Crippen molar-refractivity contribution in [3.8, 4) is 11.5 Å². The van der Waals surface area contributed by atoms with E-state index in [2.05, 4.69) is 23.9 Å². The van der Waals surface area contributed by atoms with Gasteiger partial charge in [0.25, 0.3) is 5.91 Å². The van der Waals surface area contributed by atoms with Gasteiger partial charge in [0.05, 0.1) is 14.2 Å². The first-order valence-corrected chi connectivity index (χ1v) is 9.49. The Morgan fingerprint density at radius 2 is 1.69 bits per heavy atom. The van der Waals surface area contributed by atoms with Crippen LogP contribution in [-0.4, -0.2) is 32.7 Å². The lowest BCUT2D eigenvalue weighted by Gasteiger charge is -2.15. The summed E-state index contributed by atoms with van der Waals surface area (Å²) in [6.45, 7) is 3.97. The third-order valence-corrected chi connectivity index (χ3v) is 4.42. The smallest absolute Gasteiger partial charge is 0.330 e. The molecule has 2 aromatic carbocycles. The molecule has 0 aliphatic carbocycles.